The highest BCUT2D eigenvalue weighted by Gasteiger charge is 2.42. The molecule has 0 amide bonds. The van der Waals surface area contributed by atoms with Gasteiger partial charge in [0, 0.05) is 6.54 Å². The topological polar surface area (TPSA) is 24.1 Å². The molecule has 0 aromatic heterocycles. The van der Waals surface area contributed by atoms with Crippen LogP contribution in [0.3, 0.4) is 0 Å². The van der Waals surface area contributed by atoms with Gasteiger partial charge in [-0.3, -0.25) is 0 Å². The molecule has 2 N–H and O–H groups in total. The summed E-state index contributed by atoms with van der Waals surface area (Å²) < 4.78 is 0. The lowest BCUT2D eigenvalue weighted by Crippen LogP contribution is -2.38. The van der Waals surface area contributed by atoms with Gasteiger partial charge in [0.1, 0.15) is 0 Å². The van der Waals surface area contributed by atoms with E-state index in [9.17, 15) is 0 Å². The third kappa shape index (κ3) is 0.989. The fraction of sp³-hybridized carbons (Fsp3) is 0.364. The Kier molecular flexibility index (Phi) is 1.59. The lowest BCUT2D eigenvalue weighted by molar-refractivity contribution is 0.430. The number of hydrogen-bond donors (Lipinski definition) is 2. The summed E-state index contributed by atoms with van der Waals surface area (Å²) in [6.07, 6.45) is 2.31. The highest BCUT2D eigenvalue weighted by molar-refractivity contribution is 7.80. The Balaban J connectivity index is 2.09. The molecule has 1 aliphatic carbocycles. The molecule has 14 heavy (non-hydrogen) atoms. The normalized spacial score (nSPS) is 28.7. The highest BCUT2D eigenvalue weighted by Crippen LogP contribution is 2.37. The average molecular weight is 204 g/mol. The van der Waals surface area contributed by atoms with Crippen LogP contribution in [0.4, 0.5) is 0 Å². The summed E-state index contributed by atoms with van der Waals surface area (Å²) in [4.78, 5) is 0. The smallest absolute Gasteiger partial charge is 0.167 e. The van der Waals surface area contributed by atoms with E-state index >= 15 is 0 Å². The standard InChI is InChI=1S/C11H12N2S/c14-10-12-7-11(13-10)6-5-8-3-1-2-4-9(8)11/h1-4H,5-7H2,(H2,12,13,14). The molecule has 1 saturated heterocycles. The Morgan fingerprint density at radius 3 is 2.93 bits per heavy atom. The fourth-order valence-electron chi connectivity index (χ4n) is 2.54. The van der Waals surface area contributed by atoms with E-state index in [1.165, 1.54) is 11.1 Å². The predicted molar refractivity (Wildman–Crippen MR) is 60.2 cm³/mol. The van der Waals surface area contributed by atoms with Crippen LogP contribution in [0.1, 0.15) is 17.5 Å². The van der Waals surface area contributed by atoms with Crippen LogP contribution in [-0.2, 0) is 12.0 Å². The van der Waals surface area contributed by atoms with Gasteiger partial charge in [0.2, 0.25) is 0 Å². The Morgan fingerprint density at radius 2 is 2.14 bits per heavy atom. The van der Waals surface area contributed by atoms with Crippen molar-refractivity contribution in [2.45, 2.75) is 18.4 Å². The second-order valence-corrected chi connectivity index (χ2v) is 4.46. The van der Waals surface area contributed by atoms with Crippen molar-refractivity contribution in [2.24, 2.45) is 0 Å². The average Bonchev–Trinajstić information content (AvgIpc) is 2.75. The van der Waals surface area contributed by atoms with Gasteiger partial charge in [-0.15, -0.1) is 0 Å². The van der Waals surface area contributed by atoms with Gasteiger partial charge in [-0.05, 0) is 36.2 Å². The SMILES string of the molecule is S=C1NCC2(CCc3ccccc32)N1. The molecule has 0 bridgehead atoms. The molecule has 1 heterocycles. The molecular formula is C11H12N2S. The predicted octanol–water partition coefficient (Wildman–Crippen LogP) is 1.31. The molecule has 1 atom stereocenters. The summed E-state index contributed by atoms with van der Waals surface area (Å²) >= 11 is 5.14. The van der Waals surface area contributed by atoms with Crippen LogP contribution in [0.25, 0.3) is 0 Å². The monoisotopic (exact) mass is 204 g/mol. The van der Waals surface area contributed by atoms with E-state index in [4.69, 9.17) is 12.2 Å². The number of hydrogen-bond acceptors (Lipinski definition) is 1. The van der Waals surface area contributed by atoms with Crippen molar-refractivity contribution in [2.75, 3.05) is 6.54 Å². The summed E-state index contributed by atoms with van der Waals surface area (Å²) in [5.74, 6) is 0. The van der Waals surface area contributed by atoms with E-state index in [1.54, 1.807) is 0 Å². The Bertz CT molecular complexity index is 402. The zero-order chi connectivity index (χ0) is 9.60. The van der Waals surface area contributed by atoms with E-state index in [0.717, 1.165) is 24.5 Å². The zero-order valence-electron chi connectivity index (χ0n) is 7.84. The molecule has 3 rings (SSSR count). The highest BCUT2D eigenvalue weighted by atomic mass is 32.1. The summed E-state index contributed by atoms with van der Waals surface area (Å²) in [5.41, 5.74) is 2.98. The van der Waals surface area contributed by atoms with E-state index in [2.05, 4.69) is 34.9 Å². The fourth-order valence-corrected chi connectivity index (χ4v) is 2.81. The van der Waals surface area contributed by atoms with E-state index < -0.39 is 0 Å². The second-order valence-electron chi connectivity index (χ2n) is 4.05. The van der Waals surface area contributed by atoms with Crippen LogP contribution in [0.2, 0.25) is 0 Å². The first kappa shape index (κ1) is 8.24. The zero-order valence-corrected chi connectivity index (χ0v) is 8.66. The molecule has 1 aromatic carbocycles. The molecule has 1 aromatic rings. The molecule has 1 fully saturated rings. The molecule has 2 nitrogen and oxygen atoms in total. The molecule has 1 unspecified atom stereocenters. The minimum absolute atomic E-state index is 0.0909. The summed E-state index contributed by atoms with van der Waals surface area (Å²) in [5, 5.41) is 7.41. The first-order valence-electron chi connectivity index (χ1n) is 4.95. The van der Waals surface area contributed by atoms with E-state index in [1.807, 2.05) is 0 Å². The molecule has 0 radical (unpaired) electrons. The molecule has 1 spiro atoms. The lowest BCUT2D eigenvalue weighted by atomic mass is 9.93. The van der Waals surface area contributed by atoms with Crippen molar-refractivity contribution in [1.29, 1.82) is 0 Å². The summed E-state index contributed by atoms with van der Waals surface area (Å²) in [6.45, 7) is 0.933. The summed E-state index contributed by atoms with van der Waals surface area (Å²) in [6, 6.07) is 8.64. The van der Waals surface area contributed by atoms with Gasteiger partial charge in [-0.25, -0.2) is 0 Å². The summed E-state index contributed by atoms with van der Waals surface area (Å²) in [7, 11) is 0. The third-order valence-electron chi connectivity index (χ3n) is 3.26. The van der Waals surface area contributed by atoms with Gasteiger partial charge in [-0.2, -0.15) is 0 Å². The lowest BCUT2D eigenvalue weighted by Gasteiger charge is -2.23. The van der Waals surface area contributed by atoms with Gasteiger partial charge in [-0.1, -0.05) is 24.3 Å². The molecule has 2 aliphatic rings. The Morgan fingerprint density at radius 1 is 1.29 bits per heavy atom. The second kappa shape index (κ2) is 2.70. The van der Waals surface area contributed by atoms with Gasteiger partial charge in [0.15, 0.2) is 5.11 Å². The largest absolute Gasteiger partial charge is 0.360 e. The van der Waals surface area contributed by atoms with Crippen LogP contribution in [0.15, 0.2) is 24.3 Å². The number of rotatable bonds is 0. The van der Waals surface area contributed by atoms with Crippen LogP contribution >= 0.6 is 12.2 Å². The van der Waals surface area contributed by atoms with Crippen molar-refractivity contribution in [3.05, 3.63) is 35.4 Å². The minimum Gasteiger partial charge on any atom is -0.360 e. The van der Waals surface area contributed by atoms with Crippen LogP contribution in [0, 0.1) is 0 Å². The third-order valence-corrected chi connectivity index (χ3v) is 3.50. The quantitative estimate of drug-likeness (QED) is 0.623. The first-order valence-corrected chi connectivity index (χ1v) is 5.35. The van der Waals surface area contributed by atoms with Crippen LogP contribution < -0.4 is 10.6 Å². The minimum atomic E-state index is 0.0909. The van der Waals surface area contributed by atoms with Crippen molar-refractivity contribution < 1.29 is 0 Å². The van der Waals surface area contributed by atoms with Gasteiger partial charge >= 0.3 is 0 Å². The maximum atomic E-state index is 5.14. The van der Waals surface area contributed by atoms with Crippen LogP contribution in [-0.4, -0.2) is 11.7 Å². The van der Waals surface area contributed by atoms with E-state index in [-0.39, 0.29) is 5.54 Å². The van der Waals surface area contributed by atoms with Crippen molar-refractivity contribution >= 4 is 17.3 Å². The van der Waals surface area contributed by atoms with E-state index in [0.29, 0.717) is 0 Å². The molecule has 0 saturated carbocycles. The first-order chi connectivity index (χ1) is 6.80. The van der Waals surface area contributed by atoms with Crippen molar-refractivity contribution in [3.8, 4) is 0 Å². The number of thiocarbonyl (C=S) groups is 1. The molecule has 3 heteroatoms. The molecule has 72 valence electrons. The number of aryl methyl sites for hydroxylation is 1. The Hall–Kier alpha value is -1.09. The van der Waals surface area contributed by atoms with Crippen molar-refractivity contribution in [3.63, 3.8) is 0 Å². The maximum Gasteiger partial charge on any atom is 0.167 e. The number of nitrogens with one attached hydrogen (secondary N) is 2. The number of benzene rings is 1. The molecular weight excluding hydrogens is 192 g/mol. The van der Waals surface area contributed by atoms with Gasteiger partial charge < -0.3 is 10.6 Å². The maximum absolute atomic E-state index is 5.14. The Labute approximate surface area is 88.7 Å². The van der Waals surface area contributed by atoms with Gasteiger partial charge in [0.25, 0.3) is 0 Å². The molecule has 1 aliphatic heterocycles. The van der Waals surface area contributed by atoms with Crippen LogP contribution in [0.5, 0.6) is 0 Å². The van der Waals surface area contributed by atoms with Crippen molar-refractivity contribution in [1.82, 2.24) is 10.6 Å². The number of fused-ring (bicyclic) bond motifs is 2. The van der Waals surface area contributed by atoms with Gasteiger partial charge in [0.05, 0.1) is 5.54 Å².